The number of amides is 1. The normalized spacial score (nSPS) is 30.2. The van der Waals surface area contributed by atoms with Gasteiger partial charge in [-0.1, -0.05) is 50.2 Å². The van der Waals surface area contributed by atoms with Crippen LogP contribution in [0.1, 0.15) is 93.3 Å². The van der Waals surface area contributed by atoms with E-state index in [1.54, 1.807) is 36.4 Å². The van der Waals surface area contributed by atoms with Crippen LogP contribution in [-0.4, -0.2) is 128 Å². The predicted molar refractivity (Wildman–Crippen MR) is 232 cm³/mol. The number of furan rings is 1. The van der Waals surface area contributed by atoms with Gasteiger partial charge in [0.15, 0.2) is 23.6 Å². The number of ether oxygens (including phenoxy) is 6. The minimum atomic E-state index is -2.55. The van der Waals surface area contributed by atoms with Crippen LogP contribution in [0.3, 0.4) is 0 Å². The SMILES string of the molecule is CC(=O)O[C@H]1C(=O)[C@@]2(C)[C@H]([C@H](OC(=O)c3ccccc3)[C@]3(O)C[C@H](OC(=O)[C@H](OC(=O)C[C@H](O)C(=O)O)[C@@H](NC(=O)c4ccccc4)c4ccco4)C(C)=C1C3(C)C)[C@]1(OC(C)=O)CO[C@@H]1C[C@@H]2O. The average molecular weight is 960 g/mol. The second kappa shape index (κ2) is 19.0. The Balaban J connectivity index is 1.42. The molecule has 2 heterocycles. The molecule has 1 saturated heterocycles. The molecule has 20 nitrogen and oxygen atoms in total. The van der Waals surface area contributed by atoms with Crippen LogP contribution in [0.25, 0.3) is 0 Å². The summed E-state index contributed by atoms with van der Waals surface area (Å²) in [5.41, 5.74) is -8.39. The van der Waals surface area contributed by atoms with Gasteiger partial charge in [0.1, 0.15) is 35.7 Å². The minimum Gasteiger partial charge on any atom is -0.479 e. The summed E-state index contributed by atoms with van der Waals surface area (Å²) in [5, 5.41) is 48.0. The van der Waals surface area contributed by atoms with Crippen molar-refractivity contribution in [3.63, 3.8) is 0 Å². The lowest BCUT2D eigenvalue weighted by atomic mass is 9.44. The number of aliphatic hydroxyl groups is 3. The van der Waals surface area contributed by atoms with Crippen molar-refractivity contribution in [3.8, 4) is 0 Å². The largest absolute Gasteiger partial charge is 0.479 e. The average Bonchev–Trinajstić information content (AvgIpc) is 3.84. The number of hydrogen-bond acceptors (Lipinski definition) is 18. The first-order valence-corrected chi connectivity index (χ1v) is 22.1. The number of ketones is 1. The summed E-state index contributed by atoms with van der Waals surface area (Å²) in [4.78, 5) is 110. The van der Waals surface area contributed by atoms with Crippen LogP contribution in [-0.2, 0) is 57.2 Å². The molecule has 1 aliphatic heterocycles. The van der Waals surface area contributed by atoms with Crippen LogP contribution in [0.2, 0.25) is 0 Å². The number of esters is 5. The van der Waals surface area contributed by atoms with E-state index < -0.39 is 144 Å². The molecule has 4 aliphatic rings. The molecule has 0 radical (unpaired) electrons. The van der Waals surface area contributed by atoms with E-state index in [9.17, 15) is 54.0 Å². The number of Topliss-reactive ketones (excluding diaryl/α,β-unsaturated/α-hetero) is 1. The molecule has 5 N–H and O–H groups in total. The van der Waals surface area contributed by atoms with Gasteiger partial charge >= 0.3 is 35.8 Å². The summed E-state index contributed by atoms with van der Waals surface area (Å²) < 4.78 is 41.5. The maximum absolute atomic E-state index is 15.6. The number of nitrogens with one attached hydrogen (secondary N) is 1. The van der Waals surface area contributed by atoms with Gasteiger partial charge < -0.3 is 58.6 Å². The van der Waals surface area contributed by atoms with E-state index in [1.807, 2.05) is 0 Å². The number of aliphatic carboxylic acids is 1. The zero-order chi connectivity index (χ0) is 50.4. The smallest absolute Gasteiger partial charge is 0.350 e. The second-order valence-corrected chi connectivity index (χ2v) is 18.5. The van der Waals surface area contributed by atoms with E-state index in [2.05, 4.69) is 5.32 Å². The number of carboxylic acids is 1. The van der Waals surface area contributed by atoms with Crippen LogP contribution < -0.4 is 5.32 Å². The third-order valence-corrected chi connectivity index (χ3v) is 14.1. The number of carboxylic acid groups (broad SMARTS) is 1. The van der Waals surface area contributed by atoms with E-state index in [1.165, 1.54) is 70.4 Å². The fraction of sp³-hybridized carbons (Fsp3) is 0.469. The number of benzene rings is 2. The number of aliphatic hydroxyl groups excluding tert-OH is 2. The van der Waals surface area contributed by atoms with Crippen LogP contribution in [0.5, 0.6) is 0 Å². The maximum atomic E-state index is 15.6. The van der Waals surface area contributed by atoms with Crippen LogP contribution in [0, 0.1) is 16.7 Å². The number of fused-ring (bicyclic) bond motifs is 5. The van der Waals surface area contributed by atoms with Crippen molar-refractivity contribution >= 4 is 47.5 Å². The molecule has 0 spiro atoms. The first-order chi connectivity index (χ1) is 32.5. The lowest BCUT2D eigenvalue weighted by Crippen LogP contribution is -2.82. The highest BCUT2D eigenvalue weighted by molar-refractivity contribution is 5.96. The Morgan fingerprint density at radius 1 is 0.870 bits per heavy atom. The fourth-order valence-corrected chi connectivity index (χ4v) is 10.5. The van der Waals surface area contributed by atoms with Gasteiger partial charge in [0.05, 0.1) is 42.3 Å². The molecule has 7 rings (SSSR count). The van der Waals surface area contributed by atoms with Gasteiger partial charge in [-0.05, 0) is 61.4 Å². The van der Waals surface area contributed by atoms with Gasteiger partial charge in [0.2, 0.25) is 6.10 Å². The summed E-state index contributed by atoms with van der Waals surface area (Å²) in [6.45, 7) is 7.47. The highest BCUT2D eigenvalue weighted by Crippen LogP contribution is 2.64. The van der Waals surface area contributed by atoms with E-state index in [4.69, 9.17) is 32.8 Å². The Bertz CT molecular complexity index is 2540. The fourth-order valence-electron chi connectivity index (χ4n) is 10.5. The minimum absolute atomic E-state index is 0.00369. The molecule has 1 aromatic heterocycles. The molecule has 2 bridgehead atoms. The highest BCUT2D eigenvalue weighted by Gasteiger charge is 2.78. The van der Waals surface area contributed by atoms with Crippen molar-refractivity contribution in [2.45, 2.75) is 121 Å². The lowest BCUT2D eigenvalue weighted by Gasteiger charge is -2.67. The van der Waals surface area contributed by atoms with E-state index in [-0.39, 0.29) is 34.5 Å². The summed E-state index contributed by atoms with van der Waals surface area (Å²) in [7, 11) is 0. The topological polar surface area (TPSA) is 298 Å². The lowest BCUT2D eigenvalue weighted by molar-refractivity contribution is -0.346. The first kappa shape index (κ1) is 50.1. The zero-order valence-corrected chi connectivity index (χ0v) is 38.4. The summed E-state index contributed by atoms with van der Waals surface area (Å²) in [6.07, 6.45) is -13.9. The van der Waals surface area contributed by atoms with Crippen molar-refractivity contribution < 1.29 is 91.6 Å². The molecule has 0 unspecified atom stereocenters. The summed E-state index contributed by atoms with van der Waals surface area (Å²) >= 11 is 0. The van der Waals surface area contributed by atoms with E-state index >= 15 is 4.79 Å². The maximum Gasteiger partial charge on any atom is 0.350 e. The number of rotatable bonds is 14. The summed E-state index contributed by atoms with van der Waals surface area (Å²) in [6, 6.07) is 16.3. The van der Waals surface area contributed by atoms with Crippen molar-refractivity contribution in [2.75, 3.05) is 6.61 Å². The first-order valence-electron chi connectivity index (χ1n) is 22.1. The van der Waals surface area contributed by atoms with Crippen molar-refractivity contribution in [1.82, 2.24) is 5.32 Å². The monoisotopic (exact) mass is 959 g/mol. The van der Waals surface area contributed by atoms with Crippen LogP contribution in [0.4, 0.5) is 0 Å². The Labute approximate surface area is 394 Å². The molecule has 69 heavy (non-hydrogen) atoms. The van der Waals surface area contributed by atoms with Crippen molar-refractivity contribution in [3.05, 3.63) is 107 Å². The molecule has 20 heteroatoms. The molecule has 12 atom stereocenters. The molecule has 2 aromatic carbocycles. The van der Waals surface area contributed by atoms with Crippen LogP contribution in [0.15, 0.2) is 94.6 Å². The molecule has 368 valence electrons. The molecule has 2 saturated carbocycles. The third kappa shape index (κ3) is 8.92. The summed E-state index contributed by atoms with van der Waals surface area (Å²) in [5.74, 6) is -11.1. The highest BCUT2D eigenvalue weighted by atomic mass is 16.6. The van der Waals surface area contributed by atoms with Gasteiger partial charge in [0.25, 0.3) is 5.91 Å². The Kier molecular flexibility index (Phi) is 13.8. The Hall–Kier alpha value is -6.74. The van der Waals surface area contributed by atoms with Gasteiger partial charge in [-0.3, -0.25) is 24.0 Å². The molecule has 1 amide bonds. The van der Waals surface area contributed by atoms with Crippen molar-refractivity contribution in [2.24, 2.45) is 16.7 Å². The zero-order valence-electron chi connectivity index (χ0n) is 38.4. The Morgan fingerprint density at radius 2 is 1.51 bits per heavy atom. The van der Waals surface area contributed by atoms with E-state index in [0.717, 1.165) is 13.8 Å². The number of hydrogen-bond donors (Lipinski definition) is 5. The Morgan fingerprint density at radius 3 is 2.06 bits per heavy atom. The van der Waals surface area contributed by atoms with Crippen molar-refractivity contribution in [1.29, 1.82) is 0 Å². The number of carbonyl (C=O) groups is 8. The molecule has 3 aromatic rings. The molecular weight excluding hydrogens is 907 g/mol. The van der Waals surface area contributed by atoms with E-state index in [0.29, 0.717) is 0 Å². The quantitative estimate of drug-likeness (QED) is 0.0881. The molecule has 3 aliphatic carbocycles. The van der Waals surface area contributed by atoms with Gasteiger partial charge in [-0.15, -0.1) is 0 Å². The molecule has 3 fully saturated rings. The van der Waals surface area contributed by atoms with Gasteiger partial charge in [-0.2, -0.15) is 0 Å². The second-order valence-electron chi connectivity index (χ2n) is 18.5. The van der Waals surface area contributed by atoms with Gasteiger partial charge in [0, 0.05) is 37.7 Å². The predicted octanol–water partition coefficient (Wildman–Crippen LogP) is 2.72. The van der Waals surface area contributed by atoms with Gasteiger partial charge in [-0.25, -0.2) is 14.4 Å². The number of carbonyl (C=O) groups excluding carboxylic acids is 7. The van der Waals surface area contributed by atoms with Crippen LogP contribution >= 0.6 is 0 Å². The molecular formula is C49H53NO19. The standard InChI is InChI=1S/C49H53NO19/c1-24-31(66-45(61)38(67-34(55)20-29(53)43(58)59)36(30-18-13-19-63-30)50-42(57)27-14-9-7-10-15-27)22-49(62)41(68-44(60)28-16-11-8-12-17-28)39-47(6,32(54)21-33-48(39,23-64-33)69-26(3)52)40(56)37(65-25(2)51)35(24)46(49,4)5/h7-19,29,31-33,36-39,41,53-54,62H,20-23H2,1-6H3,(H,50,57)(H,58,59)/t29-,31-,32-,33+,36-,37+,38+,39-,41-,47+,48-,49+/m0/s1. The third-order valence-electron chi connectivity index (χ3n) is 14.1.